The van der Waals surface area contributed by atoms with E-state index in [0.717, 1.165) is 11.1 Å². The van der Waals surface area contributed by atoms with E-state index in [9.17, 15) is 9.59 Å². The lowest BCUT2D eigenvalue weighted by Crippen LogP contribution is -2.27. The average Bonchev–Trinajstić information content (AvgIpc) is 2.71. The van der Waals surface area contributed by atoms with Crippen LogP contribution in [-0.4, -0.2) is 11.6 Å². The minimum Gasteiger partial charge on any atom is -0.285 e. The summed E-state index contributed by atoms with van der Waals surface area (Å²) < 4.78 is 0. The van der Waals surface area contributed by atoms with Crippen molar-refractivity contribution < 1.29 is 9.59 Å². The third-order valence-corrected chi connectivity index (χ3v) is 3.78. The Morgan fingerprint density at radius 3 is 1.50 bits per heavy atom. The summed E-state index contributed by atoms with van der Waals surface area (Å²) in [6.45, 7) is 4.15. The fraction of sp³-hybridized carbons (Fsp3) is 0.222. The van der Waals surface area contributed by atoms with Gasteiger partial charge in [0, 0.05) is 11.1 Å². The van der Waals surface area contributed by atoms with E-state index >= 15 is 0 Å². The molecule has 100 valence electrons. The SMILES string of the molecule is CC1C=CC=C2C(=O)C(=O)C3=CC=CC(C)C=C3C2=C1. The van der Waals surface area contributed by atoms with Crippen molar-refractivity contribution in [2.75, 3.05) is 0 Å². The van der Waals surface area contributed by atoms with Crippen molar-refractivity contribution in [2.24, 2.45) is 11.8 Å². The molecule has 0 N–H and O–H groups in total. The van der Waals surface area contributed by atoms with Crippen LogP contribution in [0, 0.1) is 11.8 Å². The maximum Gasteiger partial charge on any atom is 0.234 e. The molecule has 0 aromatic heterocycles. The molecule has 2 nitrogen and oxygen atoms in total. The molecule has 0 heterocycles. The summed E-state index contributed by atoms with van der Waals surface area (Å²) in [6, 6.07) is 0. The molecule has 0 aromatic rings. The second-order valence-electron chi connectivity index (χ2n) is 5.47. The third kappa shape index (κ3) is 1.97. The molecule has 0 aliphatic heterocycles. The maximum atomic E-state index is 12.3. The van der Waals surface area contributed by atoms with Crippen LogP contribution < -0.4 is 0 Å². The van der Waals surface area contributed by atoms with Gasteiger partial charge in [-0.15, -0.1) is 0 Å². The van der Waals surface area contributed by atoms with Crippen LogP contribution in [0.2, 0.25) is 0 Å². The van der Waals surface area contributed by atoms with Crippen LogP contribution in [0.5, 0.6) is 0 Å². The van der Waals surface area contributed by atoms with Crippen molar-refractivity contribution in [2.45, 2.75) is 13.8 Å². The number of carbonyl (C=O) groups is 2. The molecule has 20 heavy (non-hydrogen) atoms. The van der Waals surface area contributed by atoms with Crippen LogP contribution in [0.15, 0.2) is 70.9 Å². The second kappa shape index (κ2) is 4.71. The Bertz CT molecular complexity index is 618. The van der Waals surface area contributed by atoms with E-state index in [1.54, 1.807) is 12.2 Å². The quantitative estimate of drug-likeness (QED) is 0.629. The number of ketones is 2. The minimum atomic E-state index is -0.402. The van der Waals surface area contributed by atoms with Gasteiger partial charge in [-0.2, -0.15) is 0 Å². The smallest absolute Gasteiger partial charge is 0.234 e. The van der Waals surface area contributed by atoms with Gasteiger partial charge in [-0.1, -0.05) is 62.5 Å². The van der Waals surface area contributed by atoms with Gasteiger partial charge in [0.05, 0.1) is 0 Å². The number of allylic oxidation sites excluding steroid dienone is 12. The fourth-order valence-corrected chi connectivity index (χ4v) is 2.76. The van der Waals surface area contributed by atoms with E-state index < -0.39 is 11.6 Å². The Labute approximate surface area is 118 Å². The standard InChI is InChI=1S/C18H16O2/c1-11-5-3-7-13-15(9-11)16-10-12(2)6-4-8-14(16)18(20)17(13)19/h3-12H,1-2H3. The molecule has 1 fully saturated rings. The lowest BCUT2D eigenvalue weighted by molar-refractivity contribution is -0.132. The zero-order valence-electron chi connectivity index (χ0n) is 11.6. The first kappa shape index (κ1) is 12.8. The Morgan fingerprint density at radius 2 is 1.10 bits per heavy atom. The van der Waals surface area contributed by atoms with E-state index in [0.29, 0.717) is 11.1 Å². The van der Waals surface area contributed by atoms with Gasteiger partial charge in [0.25, 0.3) is 0 Å². The molecule has 0 amide bonds. The highest BCUT2D eigenvalue weighted by atomic mass is 16.2. The van der Waals surface area contributed by atoms with Gasteiger partial charge in [-0.05, 0) is 23.0 Å². The van der Waals surface area contributed by atoms with Crippen LogP contribution in [0.3, 0.4) is 0 Å². The van der Waals surface area contributed by atoms with E-state index in [1.807, 2.05) is 24.3 Å². The second-order valence-corrected chi connectivity index (χ2v) is 5.47. The molecule has 2 atom stereocenters. The largest absolute Gasteiger partial charge is 0.285 e. The molecule has 0 saturated heterocycles. The molecule has 0 bridgehead atoms. The molecule has 2 heteroatoms. The summed E-state index contributed by atoms with van der Waals surface area (Å²) in [6.07, 6.45) is 15.4. The lowest BCUT2D eigenvalue weighted by atomic mass is 9.78. The molecule has 0 aromatic carbocycles. The Hall–Kier alpha value is -2.22. The lowest BCUT2D eigenvalue weighted by Gasteiger charge is -2.22. The zero-order valence-corrected chi connectivity index (χ0v) is 11.6. The van der Waals surface area contributed by atoms with Crippen LogP contribution in [0.1, 0.15) is 13.8 Å². The van der Waals surface area contributed by atoms with Crippen molar-refractivity contribution in [1.29, 1.82) is 0 Å². The summed E-state index contributed by atoms with van der Waals surface area (Å²) in [7, 11) is 0. The number of rotatable bonds is 0. The predicted octanol–water partition coefficient (Wildman–Crippen LogP) is 3.26. The van der Waals surface area contributed by atoms with Crippen LogP contribution in [0.4, 0.5) is 0 Å². The molecule has 0 spiro atoms. The Morgan fingerprint density at radius 1 is 0.700 bits per heavy atom. The fourth-order valence-electron chi connectivity index (χ4n) is 2.76. The number of fused-ring (bicyclic) bond motifs is 3. The Balaban J connectivity index is 2.25. The van der Waals surface area contributed by atoms with Crippen molar-refractivity contribution in [3.8, 4) is 0 Å². The predicted molar refractivity (Wildman–Crippen MR) is 79.0 cm³/mol. The van der Waals surface area contributed by atoms with E-state index in [2.05, 4.69) is 26.0 Å². The van der Waals surface area contributed by atoms with Crippen molar-refractivity contribution in [3.63, 3.8) is 0 Å². The first-order valence-electron chi connectivity index (χ1n) is 6.88. The minimum absolute atomic E-state index is 0.244. The van der Waals surface area contributed by atoms with E-state index in [1.165, 1.54) is 0 Å². The summed E-state index contributed by atoms with van der Waals surface area (Å²) in [5.41, 5.74) is 2.84. The molecule has 1 saturated carbocycles. The van der Waals surface area contributed by atoms with Gasteiger partial charge < -0.3 is 0 Å². The van der Waals surface area contributed by atoms with Crippen LogP contribution in [0.25, 0.3) is 0 Å². The van der Waals surface area contributed by atoms with Crippen molar-refractivity contribution in [3.05, 3.63) is 70.9 Å². The molecular formula is C18H16O2. The van der Waals surface area contributed by atoms with Crippen molar-refractivity contribution >= 4 is 11.6 Å². The Kier molecular flexibility index (Phi) is 3.01. The van der Waals surface area contributed by atoms with Gasteiger partial charge in [0.1, 0.15) is 0 Å². The summed E-state index contributed by atoms with van der Waals surface area (Å²) >= 11 is 0. The van der Waals surface area contributed by atoms with Crippen LogP contribution in [-0.2, 0) is 9.59 Å². The summed E-state index contributed by atoms with van der Waals surface area (Å²) in [5.74, 6) is -0.315. The zero-order chi connectivity index (χ0) is 14.3. The molecule has 3 aliphatic rings. The van der Waals surface area contributed by atoms with Gasteiger partial charge >= 0.3 is 0 Å². The molecule has 0 radical (unpaired) electrons. The van der Waals surface area contributed by atoms with E-state index in [-0.39, 0.29) is 11.8 Å². The highest BCUT2D eigenvalue weighted by molar-refractivity contribution is 6.53. The molecule has 2 unspecified atom stereocenters. The highest BCUT2D eigenvalue weighted by Gasteiger charge is 2.35. The summed E-state index contributed by atoms with van der Waals surface area (Å²) in [5, 5.41) is 0. The van der Waals surface area contributed by atoms with Crippen molar-refractivity contribution in [1.82, 2.24) is 0 Å². The first-order valence-corrected chi connectivity index (χ1v) is 6.88. The van der Waals surface area contributed by atoms with Gasteiger partial charge in [0.15, 0.2) is 0 Å². The normalized spacial score (nSPS) is 28.5. The number of Topliss-reactive ketones (excluding diaryl/α,β-unsaturated/α-hetero) is 2. The highest BCUT2D eigenvalue weighted by Crippen LogP contribution is 2.37. The third-order valence-electron chi connectivity index (χ3n) is 3.78. The average molecular weight is 264 g/mol. The molecular weight excluding hydrogens is 248 g/mol. The number of hydrogen-bond acceptors (Lipinski definition) is 2. The molecule has 3 rings (SSSR count). The van der Waals surface area contributed by atoms with Gasteiger partial charge in [0.2, 0.25) is 11.6 Å². The van der Waals surface area contributed by atoms with Gasteiger partial charge in [-0.25, -0.2) is 0 Å². The van der Waals surface area contributed by atoms with Gasteiger partial charge in [-0.3, -0.25) is 9.59 Å². The maximum absolute atomic E-state index is 12.3. The monoisotopic (exact) mass is 264 g/mol. The topological polar surface area (TPSA) is 34.1 Å². The number of hydrogen-bond donors (Lipinski definition) is 0. The molecule has 3 aliphatic carbocycles. The summed E-state index contributed by atoms with van der Waals surface area (Å²) in [4.78, 5) is 24.6. The first-order chi connectivity index (χ1) is 9.58. The van der Waals surface area contributed by atoms with Crippen LogP contribution >= 0.6 is 0 Å². The van der Waals surface area contributed by atoms with E-state index in [4.69, 9.17) is 0 Å². The number of carbonyl (C=O) groups excluding carboxylic acids is 2.